The van der Waals surface area contributed by atoms with Crippen LogP contribution in [0.3, 0.4) is 0 Å². The van der Waals surface area contributed by atoms with Crippen LogP contribution in [0.25, 0.3) is 10.1 Å². The van der Waals surface area contributed by atoms with E-state index in [0.717, 1.165) is 23.1 Å². The minimum absolute atomic E-state index is 0.127. The number of carbonyl (C=O) groups is 1. The number of fused-ring (bicyclic) bond motifs is 1. The summed E-state index contributed by atoms with van der Waals surface area (Å²) in [7, 11) is 0. The maximum absolute atomic E-state index is 12.1. The fourth-order valence-corrected chi connectivity index (χ4v) is 2.92. The predicted molar refractivity (Wildman–Crippen MR) is 86.6 cm³/mol. The normalized spacial score (nSPS) is 11.2. The average Bonchev–Trinajstić information content (AvgIpc) is 2.80. The average molecular weight is 307 g/mol. The fraction of sp³-hybridized carbons (Fsp3) is 0.467. The summed E-state index contributed by atoms with van der Waals surface area (Å²) in [6.07, 6.45) is 4.21. The van der Waals surface area contributed by atoms with Gasteiger partial charge < -0.3 is 15.8 Å². The Morgan fingerprint density at radius 3 is 3.05 bits per heavy atom. The number of ether oxygens (including phenoxy) is 1. The molecule has 5 nitrogen and oxygen atoms in total. The van der Waals surface area contributed by atoms with Gasteiger partial charge in [0.15, 0.2) is 0 Å². The van der Waals surface area contributed by atoms with Crippen molar-refractivity contribution in [3.63, 3.8) is 0 Å². The Morgan fingerprint density at radius 1 is 1.52 bits per heavy atom. The zero-order valence-corrected chi connectivity index (χ0v) is 13.2. The van der Waals surface area contributed by atoms with E-state index in [2.05, 4.69) is 24.1 Å². The Balaban J connectivity index is 1.84. The van der Waals surface area contributed by atoms with E-state index in [9.17, 15) is 4.79 Å². The summed E-state index contributed by atoms with van der Waals surface area (Å²) in [5.41, 5.74) is 6.56. The third-order valence-corrected chi connectivity index (χ3v) is 4.09. The highest BCUT2D eigenvalue weighted by molar-refractivity contribution is 7.21. The van der Waals surface area contributed by atoms with Gasteiger partial charge in [-0.1, -0.05) is 13.8 Å². The second-order valence-electron chi connectivity index (χ2n) is 5.29. The molecule has 0 saturated heterocycles. The van der Waals surface area contributed by atoms with Gasteiger partial charge >= 0.3 is 0 Å². The third kappa shape index (κ3) is 4.15. The molecule has 114 valence electrons. The molecule has 0 unspecified atom stereocenters. The van der Waals surface area contributed by atoms with Crippen LogP contribution in [0.4, 0.5) is 5.69 Å². The number of nitrogen functional groups attached to an aromatic ring is 1. The number of nitrogens with zero attached hydrogens (tertiary/aromatic N) is 1. The minimum atomic E-state index is -0.127. The number of carbonyl (C=O) groups excluding carboxylic acids is 1. The van der Waals surface area contributed by atoms with E-state index in [4.69, 9.17) is 10.5 Å². The summed E-state index contributed by atoms with van der Waals surface area (Å²) >= 11 is 1.37. The first kappa shape index (κ1) is 15.7. The Bertz CT molecular complexity index is 610. The zero-order valence-electron chi connectivity index (χ0n) is 12.4. The molecule has 0 atom stereocenters. The molecule has 6 heteroatoms. The molecule has 3 N–H and O–H groups in total. The van der Waals surface area contributed by atoms with Crippen LogP contribution in [0.1, 0.15) is 29.9 Å². The highest BCUT2D eigenvalue weighted by Gasteiger charge is 2.15. The smallest absolute Gasteiger partial charge is 0.263 e. The second-order valence-corrected chi connectivity index (χ2v) is 6.35. The van der Waals surface area contributed by atoms with Gasteiger partial charge in [0.05, 0.1) is 10.4 Å². The van der Waals surface area contributed by atoms with Crippen LogP contribution >= 0.6 is 11.3 Å². The number of amides is 1. The second kappa shape index (κ2) is 7.38. The van der Waals surface area contributed by atoms with Crippen molar-refractivity contribution >= 4 is 33.0 Å². The van der Waals surface area contributed by atoms with E-state index in [0.29, 0.717) is 29.6 Å². The van der Waals surface area contributed by atoms with E-state index in [1.165, 1.54) is 11.3 Å². The molecule has 1 amide bonds. The summed E-state index contributed by atoms with van der Waals surface area (Å²) < 4.78 is 6.40. The molecule has 0 aliphatic carbocycles. The number of nitrogens with two attached hydrogens (primary N) is 1. The van der Waals surface area contributed by atoms with Crippen molar-refractivity contribution in [1.29, 1.82) is 0 Å². The van der Waals surface area contributed by atoms with Gasteiger partial charge in [-0.15, -0.1) is 11.3 Å². The molecule has 2 aromatic rings. The van der Waals surface area contributed by atoms with Crippen LogP contribution in [-0.2, 0) is 4.74 Å². The van der Waals surface area contributed by atoms with E-state index in [1.807, 2.05) is 6.07 Å². The molecule has 21 heavy (non-hydrogen) atoms. The predicted octanol–water partition coefficient (Wildman–Crippen LogP) is 2.67. The van der Waals surface area contributed by atoms with Crippen molar-refractivity contribution < 1.29 is 9.53 Å². The van der Waals surface area contributed by atoms with Crippen molar-refractivity contribution in [3.8, 4) is 0 Å². The molecule has 0 radical (unpaired) electrons. The van der Waals surface area contributed by atoms with Crippen LogP contribution < -0.4 is 11.1 Å². The van der Waals surface area contributed by atoms with Gasteiger partial charge in [0.1, 0.15) is 4.88 Å². The molecule has 0 bridgehead atoms. The molecule has 2 heterocycles. The van der Waals surface area contributed by atoms with Gasteiger partial charge in [-0.3, -0.25) is 9.78 Å². The van der Waals surface area contributed by atoms with Crippen molar-refractivity contribution in [2.24, 2.45) is 5.92 Å². The minimum Gasteiger partial charge on any atom is -0.397 e. The van der Waals surface area contributed by atoms with Crippen LogP contribution in [0.5, 0.6) is 0 Å². The quantitative estimate of drug-likeness (QED) is 0.771. The van der Waals surface area contributed by atoms with Crippen LogP contribution in [-0.4, -0.2) is 30.6 Å². The fourth-order valence-electron chi connectivity index (χ4n) is 1.92. The molecule has 0 aliphatic rings. The van der Waals surface area contributed by atoms with Crippen LogP contribution in [0.2, 0.25) is 0 Å². The maximum Gasteiger partial charge on any atom is 0.263 e. The first-order chi connectivity index (χ1) is 10.1. The van der Waals surface area contributed by atoms with Crippen molar-refractivity contribution in [2.75, 3.05) is 25.5 Å². The highest BCUT2D eigenvalue weighted by Crippen LogP contribution is 2.32. The van der Waals surface area contributed by atoms with Gasteiger partial charge in [-0.25, -0.2) is 0 Å². The molecule has 0 spiro atoms. The lowest BCUT2D eigenvalue weighted by Gasteiger charge is -2.07. The molecule has 2 aromatic heterocycles. The number of aromatic nitrogens is 1. The molecule has 2 rings (SSSR count). The Labute approximate surface area is 128 Å². The van der Waals surface area contributed by atoms with Gasteiger partial charge in [-0.2, -0.15) is 0 Å². The number of hydrogen-bond donors (Lipinski definition) is 2. The lowest BCUT2D eigenvalue weighted by atomic mass is 10.2. The topological polar surface area (TPSA) is 77.2 Å². The van der Waals surface area contributed by atoms with Crippen LogP contribution in [0, 0.1) is 5.92 Å². The zero-order chi connectivity index (χ0) is 15.2. The van der Waals surface area contributed by atoms with E-state index < -0.39 is 0 Å². The summed E-state index contributed by atoms with van der Waals surface area (Å²) in [5, 5.41) is 3.77. The first-order valence-electron chi connectivity index (χ1n) is 7.07. The summed E-state index contributed by atoms with van der Waals surface area (Å²) in [4.78, 5) is 16.7. The standard InChI is InChI=1S/C15H21N3O2S/c1-10(2)9-20-7-3-5-18-15(19)14-13(16)11-4-6-17-8-12(11)21-14/h4,6,8,10H,3,5,7,9,16H2,1-2H3,(H,18,19). The summed E-state index contributed by atoms with van der Waals surface area (Å²) in [6, 6.07) is 1.83. The largest absolute Gasteiger partial charge is 0.397 e. The van der Waals surface area contributed by atoms with E-state index >= 15 is 0 Å². The van der Waals surface area contributed by atoms with Crippen molar-refractivity contribution in [3.05, 3.63) is 23.3 Å². The van der Waals surface area contributed by atoms with Crippen molar-refractivity contribution in [1.82, 2.24) is 10.3 Å². The molecule has 0 aromatic carbocycles. The van der Waals surface area contributed by atoms with Gasteiger partial charge in [0.2, 0.25) is 0 Å². The Morgan fingerprint density at radius 2 is 2.33 bits per heavy atom. The molecular formula is C15H21N3O2S. The summed E-state index contributed by atoms with van der Waals surface area (Å²) in [5.74, 6) is 0.407. The number of anilines is 1. The van der Waals surface area contributed by atoms with Gasteiger partial charge in [0.25, 0.3) is 5.91 Å². The number of hydrogen-bond acceptors (Lipinski definition) is 5. The monoisotopic (exact) mass is 307 g/mol. The van der Waals surface area contributed by atoms with Crippen molar-refractivity contribution in [2.45, 2.75) is 20.3 Å². The van der Waals surface area contributed by atoms with E-state index in [-0.39, 0.29) is 5.91 Å². The molecular weight excluding hydrogens is 286 g/mol. The van der Waals surface area contributed by atoms with Gasteiger partial charge in [-0.05, 0) is 18.4 Å². The van der Waals surface area contributed by atoms with Crippen LogP contribution in [0.15, 0.2) is 18.5 Å². The maximum atomic E-state index is 12.1. The molecule has 0 saturated carbocycles. The third-order valence-electron chi connectivity index (χ3n) is 2.94. The van der Waals surface area contributed by atoms with Gasteiger partial charge in [0, 0.05) is 37.5 Å². The SMILES string of the molecule is CC(C)COCCCNC(=O)c1sc2cnccc2c1N. The Hall–Kier alpha value is -1.66. The van der Waals surface area contributed by atoms with E-state index in [1.54, 1.807) is 12.4 Å². The number of nitrogens with one attached hydrogen (secondary N) is 1. The Kier molecular flexibility index (Phi) is 5.52. The first-order valence-corrected chi connectivity index (χ1v) is 7.89. The highest BCUT2D eigenvalue weighted by atomic mass is 32.1. The molecule has 0 fully saturated rings. The number of rotatable bonds is 7. The number of pyridine rings is 1. The number of thiophene rings is 1. The molecule has 0 aliphatic heterocycles. The lowest BCUT2D eigenvalue weighted by molar-refractivity contribution is 0.0929. The lowest BCUT2D eigenvalue weighted by Crippen LogP contribution is -2.25. The summed E-state index contributed by atoms with van der Waals surface area (Å²) in [6.45, 7) is 6.22.